The molecule has 7 nitrogen and oxygen atoms in total. The fraction of sp³-hybridized carbons (Fsp3) is 0.172. The molecule has 2 heterocycles. The monoisotopic (exact) mass is 621 g/mol. The zero-order valence-corrected chi connectivity index (χ0v) is 23.4. The Hall–Kier alpha value is -4.72. The van der Waals surface area contributed by atoms with Gasteiger partial charge in [0.25, 0.3) is 0 Å². The van der Waals surface area contributed by atoms with Crippen LogP contribution in [0.3, 0.4) is 0 Å². The number of nitrogens with zero attached hydrogens (tertiary/aromatic N) is 3. The molecular formula is C29H21F6N3O4S. The number of rotatable bonds is 5. The fourth-order valence-corrected chi connectivity index (χ4v) is 4.38. The van der Waals surface area contributed by atoms with Crippen molar-refractivity contribution in [1.29, 1.82) is 0 Å². The maximum absolute atomic E-state index is 13.5. The fourth-order valence-electron chi connectivity index (χ4n) is 4.38. The first-order chi connectivity index (χ1) is 20.2. The summed E-state index contributed by atoms with van der Waals surface area (Å²) in [7, 11) is 0. The van der Waals surface area contributed by atoms with Crippen LogP contribution in [0, 0.1) is 20.8 Å². The molecular weight excluding hydrogens is 600 g/mol. The molecule has 0 atom stereocenters. The van der Waals surface area contributed by atoms with Crippen LogP contribution >= 0.6 is 0 Å². The van der Waals surface area contributed by atoms with Crippen LogP contribution in [-0.4, -0.2) is 29.5 Å². The number of halogens is 6. The van der Waals surface area contributed by atoms with Gasteiger partial charge in [-0.05, 0) is 67.4 Å². The van der Waals surface area contributed by atoms with Crippen molar-refractivity contribution in [3.8, 4) is 45.1 Å². The second-order valence-corrected chi connectivity index (χ2v) is 9.37. The van der Waals surface area contributed by atoms with Gasteiger partial charge in [-0.2, -0.15) is 26.7 Å². The normalized spacial score (nSPS) is 11.6. The van der Waals surface area contributed by atoms with Crippen molar-refractivity contribution < 1.29 is 43.9 Å². The molecule has 5 rings (SSSR count). The number of oxazole rings is 1. The molecule has 0 spiro atoms. The van der Waals surface area contributed by atoms with Gasteiger partial charge in [-0.25, -0.2) is 9.67 Å². The van der Waals surface area contributed by atoms with Gasteiger partial charge in [0.05, 0.1) is 5.69 Å². The molecule has 0 unspecified atom stereocenters. The van der Waals surface area contributed by atoms with Crippen molar-refractivity contribution in [2.24, 2.45) is 0 Å². The summed E-state index contributed by atoms with van der Waals surface area (Å²) in [5, 5.41) is 3.82. The molecule has 0 saturated heterocycles. The lowest BCUT2D eigenvalue weighted by atomic mass is 9.97. The maximum atomic E-state index is 13.5. The quantitative estimate of drug-likeness (QED) is 0.185. The lowest BCUT2D eigenvalue weighted by molar-refractivity contribution is -0.274. The van der Waals surface area contributed by atoms with Crippen molar-refractivity contribution in [3.63, 3.8) is 0 Å². The van der Waals surface area contributed by atoms with Crippen molar-refractivity contribution >= 4 is 11.6 Å². The van der Waals surface area contributed by atoms with E-state index in [4.69, 9.17) is 12.8 Å². The van der Waals surface area contributed by atoms with Gasteiger partial charge in [0.1, 0.15) is 11.4 Å². The average molecular weight is 622 g/mol. The Morgan fingerprint density at radius 2 is 1.44 bits per heavy atom. The molecule has 0 fully saturated rings. The van der Waals surface area contributed by atoms with E-state index in [9.17, 15) is 26.3 Å². The Bertz CT molecular complexity index is 1790. The highest BCUT2D eigenvalue weighted by atomic mass is 32.1. The predicted molar refractivity (Wildman–Crippen MR) is 145 cm³/mol. The summed E-state index contributed by atoms with van der Waals surface area (Å²) in [4.78, 5) is 4.52. The van der Waals surface area contributed by atoms with Crippen LogP contribution in [0.25, 0.3) is 39.4 Å². The minimum Gasteiger partial charge on any atom is -0.440 e. The van der Waals surface area contributed by atoms with E-state index in [1.54, 1.807) is 25.1 Å². The van der Waals surface area contributed by atoms with E-state index < -0.39 is 35.6 Å². The Balaban J connectivity index is 0.00000135. The molecule has 0 aliphatic heterocycles. The van der Waals surface area contributed by atoms with Crippen molar-refractivity contribution in [1.82, 2.24) is 14.8 Å². The second kappa shape index (κ2) is 12.3. The zero-order chi connectivity index (χ0) is 31.5. The van der Waals surface area contributed by atoms with Gasteiger partial charge in [0, 0.05) is 23.7 Å². The molecule has 0 aliphatic carbocycles. The van der Waals surface area contributed by atoms with Gasteiger partial charge in [0.15, 0.2) is 17.3 Å². The SMILES string of the molecule is Cc1cccc(-c2ccc(-n3nc(C(F)(F)F)cc3C)c(-c3nc(C)oc3-c3ccc(OC(F)(F)F)cc3)c2)c1.O=S=O. The van der Waals surface area contributed by atoms with E-state index >= 15 is 0 Å². The first-order valence-electron chi connectivity index (χ1n) is 12.3. The molecule has 0 radical (unpaired) electrons. The molecule has 0 saturated carbocycles. The molecule has 3 aromatic carbocycles. The van der Waals surface area contributed by atoms with Crippen LogP contribution in [-0.2, 0) is 17.7 Å². The minimum atomic E-state index is -4.85. The molecule has 14 heteroatoms. The number of alkyl halides is 6. The van der Waals surface area contributed by atoms with E-state index in [1.807, 2.05) is 31.2 Å². The summed E-state index contributed by atoms with van der Waals surface area (Å²) in [6, 6.07) is 18.9. The van der Waals surface area contributed by atoms with Gasteiger partial charge in [0.2, 0.25) is 0 Å². The third-order valence-corrected chi connectivity index (χ3v) is 6.09. The lowest BCUT2D eigenvalue weighted by Gasteiger charge is -2.14. The van der Waals surface area contributed by atoms with Gasteiger partial charge in [-0.15, -0.1) is 13.2 Å². The Morgan fingerprint density at radius 1 is 0.814 bits per heavy atom. The third-order valence-electron chi connectivity index (χ3n) is 6.09. The van der Waals surface area contributed by atoms with Gasteiger partial charge >= 0.3 is 24.1 Å². The van der Waals surface area contributed by atoms with E-state index in [2.05, 4.69) is 14.8 Å². The lowest BCUT2D eigenvalue weighted by Crippen LogP contribution is -2.16. The molecule has 0 amide bonds. The van der Waals surface area contributed by atoms with Crippen molar-refractivity contribution in [2.45, 2.75) is 33.3 Å². The second-order valence-electron chi connectivity index (χ2n) is 9.23. The first kappa shape index (κ1) is 31.2. The van der Waals surface area contributed by atoms with E-state index in [0.29, 0.717) is 16.8 Å². The Morgan fingerprint density at radius 3 is 2.02 bits per heavy atom. The van der Waals surface area contributed by atoms with Crippen LogP contribution in [0.15, 0.2) is 77.2 Å². The molecule has 43 heavy (non-hydrogen) atoms. The average Bonchev–Trinajstić information content (AvgIpc) is 3.51. The molecule has 2 aromatic heterocycles. The van der Waals surface area contributed by atoms with Crippen molar-refractivity contribution in [2.75, 3.05) is 0 Å². The van der Waals surface area contributed by atoms with E-state index in [-0.39, 0.29) is 23.0 Å². The Labute approximate surface area is 244 Å². The van der Waals surface area contributed by atoms with Gasteiger partial charge in [-0.1, -0.05) is 35.9 Å². The van der Waals surface area contributed by atoms with Crippen LogP contribution in [0.5, 0.6) is 5.75 Å². The molecule has 0 aliphatic rings. The topological polar surface area (TPSA) is 87.2 Å². The molecule has 5 aromatic rings. The van der Waals surface area contributed by atoms with Crippen LogP contribution in [0.1, 0.15) is 22.8 Å². The standard InChI is InChI=1S/C29H21F6N3O2.O2S/c1-16-5-4-6-20(13-16)21-9-12-24(38-17(2)14-25(37-38)28(30,31)32)23(15-21)26-27(39-18(3)36-26)19-7-10-22(11-8-19)40-29(33,34)35;1-3-2/h4-15H,1-3H3;. The summed E-state index contributed by atoms with van der Waals surface area (Å²) in [5.74, 6) is 0.0586. The summed E-state index contributed by atoms with van der Waals surface area (Å²) < 4.78 is 106. The maximum Gasteiger partial charge on any atom is 0.573 e. The van der Waals surface area contributed by atoms with Crippen LogP contribution < -0.4 is 4.74 Å². The highest BCUT2D eigenvalue weighted by Gasteiger charge is 2.35. The van der Waals surface area contributed by atoms with E-state index in [0.717, 1.165) is 34.9 Å². The number of aryl methyl sites for hydroxylation is 3. The summed E-state index contributed by atoms with van der Waals surface area (Å²) >= 11 is -0.750. The minimum absolute atomic E-state index is 0.222. The largest absolute Gasteiger partial charge is 0.573 e. The number of benzene rings is 3. The van der Waals surface area contributed by atoms with E-state index in [1.165, 1.54) is 23.7 Å². The molecule has 0 bridgehead atoms. The number of aromatic nitrogens is 3. The Kier molecular flexibility index (Phi) is 8.90. The first-order valence-corrected chi connectivity index (χ1v) is 13.0. The summed E-state index contributed by atoms with van der Waals surface area (Å²) in [6.45, 7) is 5.05. The third kappa shape index (κ3) is 7.38. The summed E-state index contributed by atoms with van der Waals surface area (Å²) in [5.41, 5.74) is 3.26. The number of hydrogen-bond acceptors (Lipinski definition) is 6. The number of hydrogen-bond donors (Lipinski definition) is 0. The zero-order valence-electron chi connectivity index (χ0n) is 22.6. The van der Waals surface area contributed by atoms with Crippen molar-refractivity contribution in [3.05, 3.63) is 95.6 Å². The summed E-state index contributed by atoms with van der Waals surface area (Å²) in [6.07, 6.45) is -9.49. The van der Waals surface area contributed by atoms with Crippen LogP contribution in [0.2, 0.25) is 0 Å². The smallest absolute Gasteiger partial charge is 0.440 e. The highest BCUT2D eigenvalue weighted by Crippen LogP contribution is 2.40. The molecule has 0 N–H and O–H groups in total. The predicted octanol–water partition coefficient (Wildman–Crippen LogP) is 8.03. The number of ether oxygens (including phenoxy) is 1. The van der Waals surface area contributed by atoms with Gasteiger partial charge < -0.3 is 9.15 Å². The highest BCUT2D eigenvalue weighted by molar-refractivity contribution is 7.51. The molecule has 224 valence electrons. The van der Waals surface area contributed by atoms with Crippen LogP contribution in [0.4, 0.5) is 26.3 Å². The van der Waals surface area contributed by atoms with Gasteiger partial charge in [-0.3, -0.25) is 0 Å².